The lowest BCUT2D eigenvalue weighted by atomic mass is 9.87. The maximum Gasteiger partial charge on any atom is 0.198 e. The van der Waals surface area contributed by atoms with E-state index in [1.165, 1.54) is 18.2 Å². The molecule has 3 nitrogen and oxygen atoms in total. The van der Waals surface area contributed by atoms with Crippen molar-refractivity contribution in [3.8, 4) is 0 Å². The van der Waals surface area contributed by atoms with Crippen LogP contribution in [-0.2, 0) is 0 Å². The van der Waals surface area contributed by atoms with E-state index in [4.69, 9.17) is 5.11 Å². The molecule has 1 unspecified atom stereocenters. The van der Waals surface area contributed by atoms with Gasteiger partial charge in [0.1, 0.15) is 11.4 Å². The normalized spacial score (nSPS) is 23.9. The van der Waals surface area contributed by atoms with Crippen molar-refractivity contribution < 1.29 is 15.0 Å². The third-order valence-corrected chi connectivity index (χ3v) is 2.58. The van der Waals surface area contributed by atoms with Crippen molar-refractivity contribution in [2.45, 2.75) is 12.0 Å². The Morgan fingerprint density at radius 3 is 2.50 bits per heavy atom. The molecular weight excluding hydrogens is 204 g/mol. The summed E-state index contributed by atoms with van der Waals surface area (Å²) in [7, 11) is 0. The Morgan fingerprint density at radius 1 is 1.25 bits per heavy atom. The first-order valence-corrected chi connectivity index (χ1v) is 5.02. The summed E-state index contributed by atoms with van der Waals surface area (Å²) in [6.07, 6.45) is 4.20. The molecule has 0 saturated carbocycles. The van der Waals surface area contributed by atoms with E-state index in [-0.39, 0.29) is 18.0 Å². The highest BCUT2D eigenvalue weighted by Gasteiger charge is 2.34. The number of hydrogen-bond acceptors (Lipinski definition) is 3. The molecule has 0 amide bonds. The van der Waals surface area contributed by atoms with Gasteiger partial charge in [-0.25, -0.2) is 0 Å². The molecule has 1 aromatic carbocycles. The molecule has 2 N–H and O–H groups in total. The fourth-order valence-corrected chi connectivity index (χ4v) is 1.63. The van der Waals surface area contributed by atoms with E-state index in [1.54, 1.807) is 24.3 Å². The molecule has 0 heterocycles. The zero-order valence-electron chi connectivity index (χ0n) is 8.63. The van der Waals surface area contributed by atoms with Crippen LogP contribution in [0.3, 0.4) is 0 Å². The van der Waals surface area contributed by atoms with Crippen LogP contribution in [0.5, 0.6) is 0 Å². The molecule has 0 radical (unpaired) electrons. The molecule has 1 aliphatic rings. The highest BCUT2D eigenvalue weighted by Crippen LogP contribution is 2.24. The van der Waals surface area contributed by atoms with Crippen LogP contribution in [-0.4, -0.2) is 21.6 Å². The first kappa shape index (κ1) is 10.6. The van der Waals surface area contributed by atoms with E-state index >= 15 is 0 Å². The Morgan fingerprint density at radius 2 is 1.94 bits per heavy atom. The molecule has 3 heteroatoms. The van der Waals surface area contributed by atoms with Crippen LogP contribution in [0.1, 0.15) is 16.8 Å². The summed E-state index contributed by atoms with van der Waals surface area (Å²) >= 11 is 0. The molecule has 1 atom stereocenters. The number of hydrogen-bond donors (Lipinski definition) is 2. The Bertz CT molecular complexity index is 459. The second-order valence-corrected chi connectivity index (χ2v) is 3.79. The fourth-order valence-electron chi connectivity index (χ4n) is 1.63. The van der Waals surface area contributed by atoms with E-state index in [0.717, 1.165) is 0 Å². The van der Waals surface area contributed by atoms with E-state index < -0.39 is 5.60 Å². The van der Waals surface area contributed by atoms with Gasteiger partial charge >= 0.3 is 0 Å². The molecule has 1 aliphatic carbocycles. The standard InChI is InChI=1S/C13H12O3/c14-11-6-8-13(16,9-7-11)12(15)10-4-2-1-3-5-10/h1-8,14,16H,9H2. The zero-order chi connectivity index (χ0) is 11.6. The molecule has 0 fully saturated rings. The first-order chi connectivity index (χ1) is 7.62. The summed E-state index contributed by atoms with van der Waals surface area (Å²) in [5, 5.41) is 19.3. The maximum absolute atomic E-state index is 12.0. The number of rotatable bonds is 2. The number of allylic oxidation sites excluding steroid dienone is 1. The second-order valence-electron chi connectivity index (χ2n) is 3.79. The number of Topliss-reactive ketones (excluding diaryl/α,β-unsaturated/α-hetero) is 1. The maximum atomic E-state index is 12.0. The smallest absolute Gasteiger partial charge is 0.198 e. The van der Waals surface area contributed by atoms with Crippen molar-refractivity contribution in [3.63, 3.8) is 0 Å². The van der Waals surface area contributed by atoms with Crippen molar-refractivity contribution in [3.05, 3.63) is 59.9 Å². The van der Waals surface area contributed by atoms with Crippen molar-refractivity contribution >= 4 is 5.78 Å². The minimum atomic E-state index is -1.53. The lowest BCUT2D eigenvalue weighted by molar-refractivity contribution is 0.0529. The van der Waals surface area contributed by atoms with Crippen molar-refractivity contribution in [2.75, 3.05) is 0 Å². The van der Waals surface area contributed by atoms with Gasteiger partial charge in [0.05, 0.1) is 0 Å². The van der Waals surface area contributed by atoms with Crippen LogP contribution in [0.4, 0.5) is 0 Å². The Labute approximate surface area is 93.4 Å². The van der Waals surface area contributed by atoms with E-state index in [2.05, 4.69) is 0 Å². The van der Waals surface area contributed by atoms with Gasteiger partial charge in [-0.05, 0) is 18.2 Å². The minimum absolute atomic E-state index is 0.0746. The van der Waals surface area contributed by atoms with Gasteiger partial charge in [0.2, 0.25) is 0 Å². The summed E-state index contributed by atoms with van der Waals surface area (Å²) in [4.78, 5) is 12.0. The van der Waals surface area contributed by atoms with Crippen molar-refractivity contribution in [1.29, 1.82) is 0 Å². The summed E-state index contributed by atoms with van der Waals surface area (Å²) < 4.78 is 0. The van der Waals surface area contributed by atoms with Gasteiger partial charge in [0.25, 0.3) is 0 Å². The summed E-state index contributed by atoms with van der Waals surface area (Å²) in [5.41, 5.74) is -1.07. The minimum Gasteiger partial charge on any atom is -0.508 e. The lowest BCUT2D eigenvalue weighted by Crippen LogP contribution is -2.37. The number of aliphatic hydroxyl groups excluding tert-OH is 1. The largest absolute Gasteiger partial charge is 0.508 e. The number of carbonyl (C=O) groups excluding carboxylic acids is 1. The molecule has 0 aromatic heterocycles. The molecule has 2 rings (SSSR count). The van der Waals surface area contributed by atoms with E-state index in [0.29, 0.717) is 5.56 Å². The third-order valence-electron chi connectivity index (χ3n) is 2.58. The van der Waals surface area contributed by atoms with Gasteiger partial charge < -0.3 is 10.2 Å². The van der Waals surface area contributed by atoms with Crippen LogP contribution < -0.4 is 0 Å². The van der Waals surface area contributed by atoms with Crippen molar-refractivity contribution in [2.24, 2.45) is 0 Å². The van der Waals surface area contributed by atoms with Gasteiger partial charge in [0.15, 0.2) is 5.78 Å². The summed E-state index contributed by atoms with van der Waals surface area (Å²) in [6, 6.07) is 8.62. The predicted molar refractivity (Wildman–Crippen MR) is 60.2 cm³/mol. The molecule has 0 saturated heterocycles. The average Bonchev–Trinajstić information content (AvgIpc) is 2.33. The first-order valence-electron chi connectivity index (χ1n) is 5.02. The highest BCUT2D eigenvalue weighted by molar-refractivity contribution is 6.04. The second kappa shape index (κ2) is 3.94. The number of benzene rings is 1. The molecule has 82 valence electrons. The average molecular weight is 216 g/mol. The molecule has 1 aromatic rings. The number of ketones is 1. The van der Waals surface area contributed by atoms with E-state index in [1.807, 2.05) is 6.07 Å². The highest BCUT2D eigenvalue weighted by atomic mass is 16.3. The van der Waals surface area contributed by atoms with Gasteiger partial charge in [-0.1, -0.05) is 30.3 Å². The van der Waals surface area contributed by atoms with Crippen molar-refractivity contribution in [1.82, 2.24) is 0 Å². The Hall–Kier alpha value is -1.87. The summed E-state index contributed by atoms with van der Waals surface area (Å²) in [5.74, 6) is -0.279. The molecule has 0 bridgehead atoms. The molecule has 16 heavy (non-hydrogen) atoms. The number of aliphatic hydroxyl groups is 2. The van der Waals surface area contributed by atoms with Crippen LogP contribution in [0.15, 0.2) is 54.3 Å². The van der Waals surface area contributed by atoms with Crippen LogP contribution in [0.2, 0.25) is 0 Å². The monoisotopic (exact) mass is 216 g/mol. The SMILES string of the molecule is O=C(c1ccccc1)C1(O)C=CC(O)=CC1. The van der Waals surface area contributed by atoms with E-state index in [9.17, 15) is 9.90 Å². The van der Waals surface area contributed by atoms with Crippen LogP contribution in [0.25, 0.3) is 0 Å². The molecule has 0 spiro atoms. The number of carbonyl (C=O) groups is 1. The fraction of sp³-hybridized carbons (Fsp3) is 0.154. The lowest BCUT2D eigenvalue weighted by Gasteiger charge is -2.23. The molecular formula is C13H12O3. The van der Waals surface area contributed by atoms with Crippen LogP contribution in [0, 0.1) is 0 Å². The topological polar surface area (TPSA) is 57.5 Å². The van der Waals surface area contributed by atoms with Gasteiger partial charge in [-0.15, -0.1) is 0 Å². The zero-order valence-corrected chi connectivity index (χ0v) is 8.63. The summed E-state index contributed by atoms with van der Waals surface area (Å²) in [6.45, 7) is 0. The Kier molecular flexibility index (Phi) is 2.62. The molecule has 0 aliphatic heterocycles. The third kappa shape index (κ3) is 1.90. The van der Waals surface area contributed by atoms with Crippen LogP contribution >= 0.6 is 0 Å². The van der Waals surface area contributed by atoms with Gasteiger partial charge in [-0.2, -0.15) is 0 Å². The quantitative estimate of drug-likeness (QED) is 0.743. The predicted octanol–water partition coefficient (Wildman–Crippen LogP) is 2.00. The Balaban J connectivity index is 2.27. The van der Waals surface area contributed by atoms with Gasteiger partial charge in [-0.3, -0.25) is 4.79 Å². The van der Waals surface area contributed by atoms with Gasteiger partial charge in [0, 0.05) is 12.0 Å².